The number of nitrogens with one attached hydrogen (secondary N) is 1. The Morgan fingerprint density at radius 2 is 1.91 bits per heavy atom. The number of benzene rings is 1. The predicted molar refractivity (Wildman–Crippen MR) is 127 cm³/mol. The lowest BCUT2D eigenvalue weighted by molar-refractivity contribution is -0.128. The van der Waals surface area contributed by atoms with Crippen LogP contribution in [0.1, 0.15) is 49.1 Å². The summed E-state index contributed by atoms with van der Waals surface area (Å²) < 4.78 is 15.3. The summed E-state index contributed by atoms with van der Waals surface area (Å²) in [6, 6.07) is 8.13. The van der Waals surface area contributed by atoms with Crippen molar-refractivity contribution >= 4 is 35.2 Å². The molecule has 166 valence electrons. The van der Waals surface area contributed by atoms with Crippen molar-refractivity contribution in [3.63, 3.8) is 0 Å². The first-order chi connectivity index (χ1) is 15.3. The van der Waals surface area contributed by atoms with Crippen LogP contribution in [0.5, 0.6) is 0 Å². The number of allylic oxidation sites excluding steroid dienone is 1. The van der Waals surface area contributed by atoms with Gasteiger partial charge in [-0.3, -0.25) is 19.8 Å². The fourth-order valence-electron chi connectivity index (χ4n) is 4.36. The fraction of sp³-hybridized carbons (Fsp3) is 0.320. The van der Waals surface area contributed by atoms with E-state index in [4.69, 9.17) is 12.2 Å². The number of carbonyl (C=O) groups excluding carboxylic acids is 2. The molecule has 1 aromatic heterocycles. The molecule has 2 aromatic rings. The number of aromatic nitrogens is 1. The van der Waals surface area contributed by atoms with Crippen molar-refractivity contribution in [1.29, 1.82) is 0 Å². The Morgan fingerprint density at radius 1 is 1.16 bits per heavy atom. The first kappa shape index (κ1) is 22.1. The first-order valence-electron chi connectivity index (χ1n) is 10.9. The van der Waals surface area contributed by atoms with Gasteiger partial charge in [-0.1, -0.05) is 11.6 Å². The van der Waals surface area contributed by atoms with Gasteiger partial charge in [0.15, 0.2) is 5.11 Å². The molecule has 2 amide bonds. The molecule has 0 atom stereocenters. The minimum atomic E-state index is -0.486. The van der Waals surface area contributed by atoms with E-state index in [1.54, 1.807) is 18.2 Å². The maximum Gasteiger partial charge on any atom is 0.265 e. The van der Waals surface area contributed by atoms with Crippen LogP contribution in [-0.4, -0.2) is 32.9 Å². The molecule has 0 unspecified atom stereocenters. The number of hydrogen-bond acceptors (Lipinski definition) is 3. The van der Waals surface area contributed by atoms with Crippen LogP contribution in [-0.2, 0) is 9.59 Å². The van der Waals surface area contributed by atoms with Crippen molar-refractivity contribution in [3.05, 3.63) is 70.3 Å². The Labute approximate surface area is 192 Å². The zero-order valence-corrected chi connectivity index (χ0v) is 19.1. The molecule has 0 bridgehead atoms. The molecule has 1 saturated heterocycles. The molecule has 1 aliphatic carbocycles. The molecule has 2 heterocycles. The number of nitrogens with zero attached hydrogens (tertiary/aromatic N) is 2. The SMILES string of the molecule is Cc1cc(/C=C2/C(=O)NC(=S)N(CCC3=CCCCC3)C2=O)c(C)n1-c1ccc(F)cc1. The summed E-state index contributed by atoms with van der Waals surface area (Å²) in [6.07, 6.45) is 9.15. The minimum Gasteiger partial charge on any atom is -0.318 e. The molecule has 1 fully saturated rings. The van der Waals surface area contributed by atoms with Gasteiger partial charge in [0.2, 0.25) is 0 Å². The average molecular weight is 452 g/mol. The third-order valence-corrected chi connectivity index (χ3v) is 6.40. The smallest absolute Gasteiger partial charge is 0.265 e. The molecular weight excluding hydrogens is 425 g/mol. The second-order valence-corrected chi connectivity index (χ2v) is 8.66. The van der Waals surface area contributed by atoms with Gasteiger partial charge in [-0.15, -0.1) is 0 Å². The van der Waals surface area contributed by atoms with E-state index in [9.17, 15) is 14.0 Å². The van der Waals surface area contributed by atoms with Gasteiger partial charge >= 0.3 is 0 Å². The molecule has 1 aliphatic heterocycles. The summed E-state index contributed by atoms with van der Waals surface area (Å²) in [5, 5.41) is 2.82. The quantitative estimate of drug-likeness (QED) is 0.309. The molecule has 7 heteroatoms. The zero-order valence-electron chi connectivity index (χ0n) is 18.3. The lowest BCUT2D eigenvalue weighted by atomic mass is 9.97. The van der Waals surface area contributed by atoms with E-state index in [-0.39, 0.29) is 22.4 Å². The van der Waals surface area contributed by atoms with Crippen LogP contribution in [0.4, 0.5) is 4.39 Å². The topological polar surface area (TPSA) is 54.3 Å². The maximum atomic E-state index is 13.3. The van der Waals surface area contributed by atoms with E-state index < -0.39 is 5.91 Å². The number of amides is 2. The molecule has 0 radical (unpaired) electrons. The molecule has 4 rings (SSSR count). The third-order valence-electron chi connectivity index (χ3n) is 6.08. The Kier molecular flexibility index (Phi) is 6.37. The number of thiocarbonyl (C=S) groups is 1. The zero-order chi connectivity index (χ0) is 22.8. The molecule has 1 aromatic carbocycles. The number of hydrogen-bond donors (Lipinski definition) is 1. The van der Waals surface area contributed by atoms with E-state index in [0.29, 0.717) is 6.54 Å². The summed E-state index contributed by atoms with van der Waals surface area (Å²) >= 11 is 5.28. The van der Waals surface area contributed by atoms with Gasteiger partial charge in [-0.25, -0.2) is 4.39 Å². The van der Waals surface area contributed by atoms with E-state index in [1.807, 2.05) is 24.5 Å². The second kappa shape index (κ2) is 9.20. The lowest BCUT2D eigenvalue weighted by Gasteiger charge is -2.29. The highest BCUT2D eigenvalue weighted by atomic mass is 32.1. The van der Waals surface area contributed by atoms with Crippen LogP contribution in [0.3, 0.4) is 0 Å². The molecule has 5 nitrogen and oxygen atoms in total. The van der Waals surface area contributed by atoms with Crippen LogP contribution >= 0.6 is 12.2 Å². The van der Waals surface area contributed by atoms with E-state index in [0.717, 1.165) is 41.9 Å². The van der Waals surface area contributed by atoms with Gasteiger partial charge in [-0.2, -0.15) is 0 Å². The summed E-state index contributed by atoms with van der Waals surface area (Å²) in [5.41, 5.74) is 4.75. The van der Waals surface area contributed by atoms with Gasteiger partial charge in [0, 0.05) is 23.6 Å². The Bertz CT molecular complexity index is 1140. The Hall–Kier alpha value is -3.06. The van der Waals surface area contributed by atoms with Crippen molar-refractivity contribution in [3.8, 4) is 5.69 Å². The van der Waals surface area contributed by atoms with Gasteiger partial charge < -0.3 is 4.57 Å². The highest BCUT2D eigenvalue weighted by Crippen LogP contribution is 2.25. The molecule has 0 saturated carbocycles. The highest BCUT2D eigenvalue weighted by molar-refractivity contribution is 7.80. The fourth-order valence-corrected chi connectivity index (χ4v) is 4.63. The van der Waals surface area contributed by atoms with E-state index in [1.165, 1.54) is 35.4 Å². The standard InChI is InChI=1S/C25H26FN3O2S/c1-16-14-19(17(2)29(16)21-10-8-20(26)9-11-21)15-22-23(30)27-25(32)28(24(22)31)13-12-18-6-4-3-5-7-18/h6,8-11,14-15H,3-5,7,12-13H2,1-2H3,(H,27,30,32)/b22-15-. The monoisotopic (exact) mass is 451 g/mol. The summed E-state index contributed by atoms with van der Waals surface area (Å²) in [5.74, 6) is -1.16. The number of aryl methyl sites for hydroxylation is 1. The number of carbonyl (C=O) groups is 2. The molecular formula is C25H26FN3O2S. The summed E-state index contributed by atoms with van der Waals surface area (Å²) in [4.78, 5) is 27.3. The largest absolute Gasteiger partial charge is 0.318 e. The van der Waals surface area contributed by atoms with Gasteiger partial charge in [0.25, 0.3) is 11.8 Å². The lowest BCUT2D eigenvalue weighted by Crippen LogP contribution is -2.54. The van der Waals surface area contributed by atoms with Gasteiger partial charge in [-0.05, 0) is 100 Å². The van der Waals surface area contributed by atoms with E-state index in [2.05, 4.69) is 11.4 Å². The van der Waals surface area contributed by atoms with Crippen molar-refractivity contribution in [1.82, 2.24) is 14.8 Å². The van der Waals surface area contributed by atoms with Crippen molar-refractivity contribution in [2.45, 2.75) is 46.0 Å². The molecule has 2 aliphatic rings. The molecule has 1 N–H and O–H groups in total. The van der Waals surface area contributed by atoms with Crippen molar-refractivity contribution < 1.29 is 14.0 Å². The number of rotatable bonds is 5. The van der Waals surface area contributed by atoms with Crippen LogP contribution in [0.25, 0.3) is 11.8 Å². The summed E-state index contributed by atoms with van der Waals surface area (Å²) in [7, 11) is 0. The molecule has 0 spiro atoms. The number of halogens is 1. The highest BCUT2D eigenvalue weighted by Gasteiger charge is 2.33. The normalized spacial score (nSPS) is 18.2. The predicted octanol–water partition coefficient (Wildman–Crippen LogP) is 4.75. The second-order valence-electron chi connectivity index (χ2n) is 8.27. The summed E-state index contributed by atoms with van der Waals surface area (Å²) in [6.45, 7) is 4.29. The van der Waals surface area contributed by atoms with Crippen LogP contribution in [0.15, 0.2) is 47.6 Å². The Balaban J connectivity index is 1.61. The van der Waals surface area contributed by atoms with Crippen LogP contribution in [0, 0.1) is 19.7 Å². The Morgan fingerprint density at radius 3 is 2.59 bits per heavy atom. The van der Waals surface area contributed by atoms with Crippen LogP contribution < -0.4 is 5.32 Å². The van der Waals surface area contributed by atoms with Crippen molar-refractivity contribution in [2.24, 2.45) is 0 Å². The maximum absolute atomic E-state index is 13.3. The minimum absolute atomic E-state index is 0.0654. The van der Waals surface area contributed by atoms with Crippen LogP contribution in [0.2, 0.25) is 0 Å². The van der Waals surface area contributed by atoms with Crippen molar-refractivity contribution in [2.75, 3.05) is 6.54 Å². The van der Waals surface area contributed by atoms with E-state index >= 15 is 0 Å². The molecule has 32 heavy (non-hydrogen) atoms. The van der Waals surface area contributed by atoms with Gasteiger partial charge in [0.1, 0.15) is 11.4 Å². The van der Waals surface area contributed by atoms with Gasteiger partial charge in [0.05, 0.1) is 0 Å². The average Bonchev–Trinajstić information content (AvgIpc) is 3.05. The third kappa shape index (κ3) is 4.43. The first-order valence-corrected chi connectivity index (χ1v) is 11.3.